The number of carboxylic acids is 1. The molecule has 1 saturated heterocycles. The Bertz CT molecular complexity index is 236. The lowest BCUT2D eigenvalue weighted by Gasteiger charge is -2.32. The highest BCUT2D eigenvalue weighted by atomic mass is 16.4. The maximum absolute atomic E-state index is 11.2. The lowest BCUT2D eigenvalue weighted by molar-refractivity contribution is -0.149. The first-order valence-corrected chi connectivity index (χ1v) is 5.14. The second-order valence-corrected chi connectivity index (χ2v) is 4.35. The lowest BCUT2D eigenvalue weighted by atomic mass is 9.77. The molecule has 1 heterocycles. The van der Waals surface area contributed by atoms with E-state index in [1.54, 1.807) is 0 Å². The zero-order valence-corrected chi connectivity index (χ0v) is 8.97. The van der Waals surface area contributed by atoms with Crippen molar-refractivity contribution in [1.29, 1.82) is 0 Å². The van der Waals surface area contributed by atoms with Crippen LogP contribution < -0.4 is 5.32 Å². The van der Waals surface area contributed by atoms with Crippen molar-refractivity contribution in [2.45, 2.75) is 33.1 Å². The van der Waals surface area contributed by atoms with Crippen LogP contribution in [0.5, 0.6) is 0 Å². The minimum atomic E-state index is -0.665. The Morgan fingerprint density at radius 2 is 2.29 bits per heavy atom. The van der Waals surface area contributed by atoms with Gasteiger partial charge in [0.05, 0.1) is 5.41 Å². The highest BCUT2D eigenvalue weighted by Gasteiger charge is 2.38. The number of allylic oxidation sites excluding steroid dienone is 2. The van der Waals surface area contributed by atoms with E-state index in [1.807, 2.05) is 19.9 Å². The third-order valence-corrected chi connectivity index (χ3v) is 2.83. The molecular weight excluding hydrogens is 178 g/mol. The molecular formula is C11H19NO2. The summed E-state index contributed by atoms with van der Waals surface area (Å²) in [5, 5.41) is 12.4. The van der Waals surface area contributed by atoms with Gasteiger partial charge in [-0.05, 0) is 39.7 Å². The van der Waals surface area contributed by atoms with Gasteiger partial charge in [-0.1, -0.05) is 11.6 Å². The molecule has 14 heavy (non-hydrogen) atoms. The van der Waals surface area contributed by atoms with Gasteiger partial charge in [-0.2, -0.15) is 0 Å². The third-order valence-electron chi connectivity index (χ3n) is 2.83. The average Bonchev–Trinajstić information content (AvgIpc) is 2.16. The van der Waals surface area contributed by atoms with E-state index in [4.69, 9.17) is 0 Å². The molecule has 80 valence electrons. The standard InChI is InChI=1S/C11H19NO2/c1-9(2)4-6-11(10(13)14)5-3-7-12-8-11/h4,12H,3,5-8H2,1-2H3,(H,13,14). The molecule has 1 fully saturated rings. The van der Waals surface area contributed by atoms with Crippen molar-refractivity contribution in [3.63, 3.8) is 0 Å². The van der Waals surface area contributed by atoms with Crippen molar-refractivity contribution in [2.24, 2.45) is 5.41 Å². The molecule has 2 N–H and O–H groups in total. The van der Waals surface area contributed by atoms with E-state index < -0.39 is 11.4 Å². The van der Waals surface area contributed by atoms with E-state index in [-0.39, 0.29) is 0 Å². The summed E-state index contributed by atoms with van der Waals surface area (Å²) in [5.41, 5.74) is 0.631. The smallest absolute Gasteiger partial charge is 0.311 e. The normalized spacial score (nSPS) is 27.0. The van der Waals surface area contributed by atoms with Crippen molar-refractivity contribution in [3.05, 3.63) is 11.6 Å². The Kier molecular flexibility index (Phi) is 3.69. The van der Waals surface area contributed by atoms with E-state index in [1.165, 1.54) is 5.57 Å². The molecule has 0 amide bonds. The van der Waals surface area contributed by atoms with E-state index in [9.17, 15) is 9.90 Å². The molecule has 3 heteroatoms. The fourth-order valence-electron chi connectivity index (χ4n) is 1.81. The third kappa shape index (κ3) is 2.58. The molecule has 0 spiro atoms. The van der Waals surface area contributed by atoms with Gasteiger partial charge in [0.25, 0.3) is 0 Å². The van der Waals surface area contributed by atoms with Crippen LogP contribution in [-0.2, 0) is 4.79 Å². The monoisotopic (exact) mass is 197 g/mol. The van der Waals surface area contributed by atoms with Crippen molar-refractivity contribution >= 4 is 5.97 Å². The van der Waals surface area contributed by atoms with E-state index >= 15 is 0 Å². The summed E-state index contributed by atoms with van der Waals surface area (Å²) in [6.07, 6.45) is 4.43. The molecule has 0 bridgehead atoms. The van der Waals surface area contributed by atoms with Crippen molar-refractivity contribution in [2.75, 3.05) is 13.1 Å². The number of hydrogen-bond donors (Lipinski definition) is 2. The van der Waals surface area contributed by atoms with Gasteiger partial charge < -0.3 is 10.4 Å². The quantitative estimate of drug-likeness (QED) is 0.678. The van der Waals surface area contributed by atoms with Crippen LogP contribution >= 0.6 is 0 Å². The predicted molar refractivity (Wildman–Crippen MR) is 56.2 cm³/mol. The molecule has 1 rings (SSSR count). The molecule has 3 nitrogen and oxygen atoms in total. The number of rotatable bonds is 3. The summed E-state index contributed by atoms with van der Waals surface area (Å²) in [6, 6.07) is 0. The zero-order valence-electron chi connectivity index (χ0n) is 8.97. The zero-order chi connectivity index (χ0) is 10.6. The van der Waals surface area contributed by atoms with E-state index in [0.717, 1.165) is 19.4 Å². The summed E-state index contributed by atoms with van der Waals surface area (Å²) in [7, 11) is 0. The van der Waals surface area contributed by atoms with Crippen molar-refractivity contribution in [1.82, 2.24) is 5.32 Å². The molecule has 0 aliphatic carbocycles. The minimum Gasteiger partial charge on any atom is -0.481 e. The van der Waals surface area contributed by atoms with Gasteiger partial charge in [0.15, 0.2) is 0 Å². The van der Waals surface area contributed by atoms with Crippen molar-refractivity contribution in [3.8, 4) is 0 Å². The molecule has 1 atom stereocenters. The fraction of sp³-hybridized carbons (Fsp3) is 0.727. The Hall–Kier alpha value is -0.830. The number of piperidine rings is 1. The number of hydrogen-bond acceptors (Lipinski definition) is 2. The van der Waals surface area contributed by atoms with Crippen LogP contribution in [-0.4, -0.2) is 24.2 Å². The van der Waals surface area contributed by atoms with Gasteiger partial charge in [-0.3, -0.25) is 4.79 Å². The van der Waals surface area contributed by atoms with Gasteiger partial charge in [-0.15, -0.1) is 0 Å². The van der Waals surface area contributed by atoms with Gasteiger partial charge in [0, 0.05) is 6.54 Å². The maximum Gasteiger partial charge on any atom is 0.311 e. The Morgan fingerprint density at radius 3 is 2.71 bits per heavy atom. The summed E-state index contributed by atoms with van der Waals surface area (Å²) in [4.78, 5) is 11.2. The minimum absolute atomic E-state index is 0.560. The summed E-state index contributed by atoms with van der Waals surface area (Å²) >= 11 is 0. The van der Waals surface area contributed by atoms with Crippen LogP contribution in [0.4, 0.5) is 0 Å². The summed E-state index contributed by atoms with van der Waals surface area (Å²) in [5.74, 6) is -0.665. The van der Waals surface area contributed by atoms with E-state index in [2.05, 4.69) is 5.32 Å². The number of carbonyl (C=O) groups is 1. The van der Waals surface area contributed by atoms with Crippen LogP contribution in [0.15, 0.2) is 11.6 Å². The predicted octanol–water partition coefficient (Wildman–Crippen LogP) is 1.80. The number of nitrogens with one attached hydrogen (secondary N) is 1. The molecule has 1 aliphatic rings. The molecule has 0 aromatic carbocycles. The first-order chi connectivity index (χ1) is 6.57. The summed E-state index contributed by atoms with van der Waals surface area (Å²) < 4.78 is 0. The maximum atomic E-state index is 11.2. The van der Waals surface area contributed by atoms with E-state index in [0.29, 0.717) is 13.0 Å². The molecule has 0 saturated carbocycles. The summed E-state index contributed by atoms with van der Waals surface area (Å²) in [6.45, 7) is 5.56. The van der Waals surface area contributed by atoms with Crippen LogP contribution in [0, 0.1) is 5.41 Å². The molecule has 1 unspecified atom stereocenters. The van der Waals surface area contributed by atoms with Gasteiger partial charge in [0.2, 0.25) is 0 Å². The average molecular weight is 197 g/mol. The van der Waals surface area contributed by atoms with Gasteiger partial charge >= 0.3 is 5.97 Å². The SMILES string of the molecule is CC(C)=CCC1(C(=O)O)CCCNC1. The molecule has 0 radical (unpaired) electrons. The first kappa shape index (κ1) is 11.2. The molecule has 0 aromatic rings. The lowest BCUT2D eigenvalue weighted by Crippen LogP contribution is -2.45. The second-order valence-electron chi connectivity index (χ2n) is 4.35. The Morgan fingerprint density at radius 1 is 1.57 bits per heavy atom. The highest BCUT2D eigenvalue weighted by Crippen LogP contribution is 2.31. The fourth-order valence-corrected chi connectivity index (χ4v) is 1.81. The number of aliphatic carboxylic acids is 1. The number of carboxylic acid groups (broad SMARTS) is 1. The van der Waals surface area contributed by atoms with Gasteiger partial charge in [-0.25, -0.2) is 0 Å². The van der Waals surface area contributed by atoms with Crippen LogP contribution in [0.1, 0.15) is 33.1 Å². The molecule has 0 aromatic heterocycles. The molecule has 1 aliphatic heterocycles. The van der Waals surface area contributed by atoms with Crippen LogP contribution in [0.25, 0.3) is 0 Å². The van der Waals surface area contributed by atoms with Crippen LogP contribution in [0.2, 0.25) is 0 Å². The Labute approximate surface area is 85.2 Å². The van der Waals surface area contributed by atoms with Gasteiger partial charge in [0.1, 0.15) is 0 Å². The largest absolute Gasteiger partial charge is 0.481 e. The second kappa shape index (κ2) is 4.60. The van der Waals surface area contributed by atoms with Crippen molar-refractivity contribution < 1.29 is 9.90 Å². The highest BCUT2D eigenvalue weighted by molar-refractivity contribution is 5.75. The first-order valence-electron chi connectivity index (χ1n) is 5.14. The topological polar surface area (TPSA) is 49.3 Å². The Balaban J connectivity index is 2.70. The van der Waals surface area contributed by atoms with Crippen LogP contribution in [0.3, 0.4) is 0 Å².